The molecule has 1 aromatic rings. The van der Waals surface area contributed by atoms with E-state index in [0.29, 0.717) is 26.3 Å². The second-order valence-electron chi connectivity index (χ2n) is 7.37. The molecule has 2 amide bonds. The number of hydrogen-bond acceptors (Lipinski definition) is 4. The van der Waals surface area contributed by atoms with E-state index in [4.69, 9.17) is 9.47 Å². The highest BCUT2D eigenvalue weighted by atomic mass is 16.5. The highest BCUT2D eigenvalue weighted by molar-refractivity contribution is 5.73. The van der Waals surface area contributed by atoms with Gasteiger partial charge >= 0.3 is 6.03 Å². The number of urea groups is 1. The van der Waals surface area contributed by atoms with Gasteiger partial charge in [0.15, 0.2) is 0 Å². The summed E-state index contributed by atoms with van der Waals surface area (Å²) in [6, 6.07) is 10.6. The average Bonchev–Trinajstić information content (AvgIpc) is 3.40. The molecule has 2 aliphatic rings. The first-order chi connectivity index (χ1) is 13.3. The van der Waals surface area contributed by atoms with Gasteiger partial charge in [-0.1, -0.05) is 30.3 Å². The quantitative estimate of drug-likeness (QED) is 0.617. The first-order valence-corrected chi connectivity index (χ1v) is 10.3. The van der Waals surface area contributed by atoms with Gasteiger partial charge in [-0.2, -0.15) is 0 Å². The highest BCUT2D eigenvalue weighted by Gasteiger charge is 2.23. The maximum absolute atomic E-state index is 12.1. The Morgan fingerprint density at radius 2 is 2.00 bits per heavy atom. The van der Waals surface area contributed by atoms with Gasteiger partial charge in [0, 0.05) is 26.3 Å². The number of carbonyl (C=O) groups is 1. The van der Waals surface area contributed by atoms with E-state index in [1.54, 1.807) is 0 Å². The Balaban J connectivity index is 1.31. The van der Waals surface area contributed by atoms with Crippen LogP contribution in [0.1, 0.15) is 43.7 Å². The van der Waals surface area contributed by atoms with Gasteiger partial charge < -0.3 is 20.1 Å². The second-order valence-corrected chi connectivity index (χ2v) is 7.37. The van der Waals surface area contributed by atoms with E-state index in [9.17, 15) is 4.79 Å². The molecule has 3 rings (SSSR count). The number of nitrogens with zero attached hydrogens (tertiary/aromatic N) is 1. The molecule has 6 nitrogen and oxygen atoms in total. The fourth-order valence-electron chi connectivity index (χ4n) is 3.80. The van der Waals surface area contributed by atoms with Gasteiger partial charge in [-0.05, 0) is 50.8 Å². The summed E-state index contributed by atoms with van der Waals surface area (Å²) in [6.45, 7) is 5.64. The Morgan fingerprint density at radius 3 is 2.74 bits per heavy atom. The van der Waals surface area contributed by atoms with Crippen LogP contribution in [0.2, 0.25) is 0 Å². The van der Waals surface area contributed by atoms with Gasteiger partial charge in [0.1, 0.15) is 0 Å². The number of hydrogen-bond donors (Lipinski definition) is 2. The smallest absolute Gasteiger partial charge is 0.314 e. The molecule has 2 atom stereocenters. The van der Waals surface area contributed by atoms with Crippen LogP contribution in [0.5, 0.6) is 0 Å². The maximum Gasteiger partial charge on any atom is 0.314 e. The summed E-state index contributed by atoms with van der Waals surface area (Å²) in [6.07, 6.45) is 5.79. The van der Waals surface area contributed by atoms with E-state index in [0.717, 1.165) is 39.0 Å². The minimum Gasteiger partial charge on any atom is -0.379 e. The zero-order valence-corrected chi connectivity index (χ0v) is 16.2. The van der Waals surface area contributed by atoms with Gasteiger partial charge in [-0.15, -0.1) is 0 Å². The molecule has 2 unspecified atom stereocenters. The van der Waals surface area contributed by atoms with E-state index in [1.807, 2.05) is 6.07 Å². The topological polar surface area (TPSA) is 62.8 Å². The molecule has 6 heteroatoms. The Hall–Kier alpha value is -1.63. The summed E-state index contributed by atoms with van der Waals surface area (Å²) in [7, 11) is 0. The summed E-state index contributed by atoms with van der Waals surface area (Å²) in [5.74, 6) is 0. The Kier molecular flexibility index (Phi) is 8.39. The number of ether oxygens (including phenoxy) is 2. The van der Waals surface area contributed by atoms with Crippen molar-refractivity contribution in [3.05, 3.63) is 35.9 Å². The predicted octanol–water partition coefficient (Wildman–Crippen LogP) is 2.71. The molecule has 27 heavy (non-hydrogen) atoms. The average molecular weight is 376 g/mol. The number of benzene rings is 1. The van der Waals surface area contributed by atoms with Gasteiger partial charge in [-0.3, -0.25) is 4.90 Å². The number of carbonyl (C=O) groups excluding carboxylic acids is 1. The molecule has 1 aromatic carbocycles. The predicted molar refractivity (Wildman–Crippen MR) is 106 cm³/mol. The van der Waals surface area contributed by atoms with E-state index < -0.39 is 0 Å². The number of likely N-dealkylation sites (tertiary alicyclic amines) is 1. The number of nitrogens with one attached hydrogen (secondary N) is 2. The van der Waals surface area contributed by atoms with Crippen molar-refractivity contribution in [3.63, 3.8) is 0 Å². The van der Waals surface area contributed by atoms with E-state index in [-0.39, 0.29) is 18.2 Å². The SMILES string of the molecule is O=C(NCCCOCC1CCCO1)NCC(c1ccccc1)N1CCCC1. The van der Waals surface area contributed by atoms with Crippen LogP contribution in [0.25, 0.3) is 0 Å². The van der Waals surface area contributed by atoms with Gasteiger partial charge in [0.2, 0.25) is 0 Å². The van der Waals surface area contributed by atoms with Crippen molar-refractivity contribution in [2.24, 2.45) is 0 Å². The monoisotopic (exact) mass is 375 g/mol. The minimum atomic E-state index is -0.103. The molecule has 0 radical (unpaired) electrons. The summed E-state index contributed by atoms with van der Waals surface area (Å²) in [5.41, 5.74) is 1.27. The van der Waals surface area contributed by atoms with Crippen LogP contribution in [-0.4, -0.2) is 63.0 Å². The molecular weight excluding hydrogens is 342 g/mol. The molecular formula is C21H33N3O3. The minimum absolute atomic E-state index is 0.103. The van der Waals surface area contributed by atoms with E-state index in [1.165, 1.54) is 18.4 Å². The van der Waals surface area contributed by atoms with Gasteiger partial charge in [0.05, 0.1) is 18.8 Å². The molecule has 0 aromatic heterocycles. The van der Waals surface area contributed by atoms with Crippen LogP contribution in [0, 0.1) is 0 Å². The van der Waals surface area contributed by atoms with Gasteiger partial charge in [0.25, 0.3) is 0 Å². The molecule has 2 fully saturated rings. The molecule has 0 spiro atoms. The first kappa shape index (κ1) is 20.1. The van der Waals surface area contributed by atoms with Crippen molar-refractivity contribution in [3.8, 4) is 0 Å². The molecule has 0 bridgehead atoms. The first-order valence-electron chi connectivity index (χ1n) is 10.3. The Morgan fingerprint density at radius 1 is 1.19 bits per heavy atom. The zero-order chi connectivity index (χ0) is 18.7. The molecule has 150 valence electrons. The lowest BCUT2D eigenvalue weighted by atomic mass is 10.1. The number of amides is 2. The lowest BCUT2D eigenvalue weighted by Gasteiger charge is -2.28. The Labute approximate surface area is 162 Å². The second kappa shape index (κ2) is 11.3. The third-order valence-electron chi connectivity index (χ3n) is 5.30. The normalized spacial score (nSPS) is 21.3. The van der Waals surface area contributed by atoms with Crippen molar-refractivity contribution in [1.82, 2.24) is 15.5 Å². The van der Waals surface area contributed by atoms with Crippen LogP contribution < -0.4 is 10.6 Å². The lowest BCUT2D eigenvalue weighted by molar-refractivity contribution is 0.0168. The van der Waals surface area contributed by atoms with E-state index in [2.05, 4.69) is 39.8 Å². The van der Waals surface area contributed by atoms with Crippen molar-refractivity contribution < 1.29 is 14.3 Å². The standard InChI is InChI=1S/C21H33N3O3/c25-21(22-11-7-14-26-17-19-10-6-15-27-19)23-16-20(24-12-4-5-13-24)18-8-2-1-3-9-18/h1-3,8-9,19-20H,4-7,10-17H2,(H2,22,23,25). The van der Waals surface area contributed by atoms with Crippen LogP contribution in [0.3, 0.4) is 0 Å². The molecule has 2 heterocycles. The largest absolute Gasteiger partial charge is 0.379 e. The fourth-order valence-corrected chi connectivity index (χ4v) is 3.80. The fraction of sp³-hybridized carbons (Fsp3) is 0.667. The van der Waals surface area contributed by atoms with Crippen LogP contribution in [-0.2, 0) is 9.47 Å². The van der Waals surface area contributed by atoms with Crippen molar-refractivity contribution in [1.29, 1.82) is 0 Å². The molecule has 2 N–H and O–H groups in total. The maximum atomic E-state index is 12.1. The van der Waals surface area contributed by atoms with Crippen LogP contribution in [0.15, 0.2) is 30.3 Å². The van der Waals surface area contributed by atoms with Crippen LogP contribution >= 0.6 is 0 Å². The molecule has 0 saturated carbocycles. The summed E-state index contributed by atoms with van der Waals surface area (Å²) < 4.78 is 11.1. The number of rotatable bonds is 10. The Bertz CT molecular complexity index is 543. The zero-order valence-electron chi connectivity index (χ0n) is 16.2. The third-order valence-corrected chi connectivity index (χ3v) is 5.30. The third kappa shape index (κ3) is 6.79. The van der Waals surface area contributed by atoms with Crippen molar-refractivity contribution >= 4 is 6.03 Å². The lowest BCUT2D eigenvalue weighted by Crippen LogP contribution is -2.42. The summed E-state index contributed by atoms with van der Waals surface area (Å²) in [5, 5.41) is 5.97. The summed E-state index contributed by atoms with van der Waals surface area (Å²) in [4.78, 5) is 14.6. The van der Waals surface area contributed by atoms with E-state index >= 15 is 0 Å². The van der Waals surface area contributed by atoms with Gasteiger partial charge in [-0.25, -0.2) is 4.79 Å². The van der Waals surface area contributed by atoms with Crippen molar-refractivity contribution in [2.45, 2.75) is 44.2 Å². The molecule has 2 aliphatic heterocycles. The molecule has 0 aliphatic carbocycles. The molecule has 2 saturated heterocycles. The van der Waals surface area contributed by atoms with Crippen molar-refractivity contribution in [2.75, 3.05) is 46.0 Å². The summed E-state index contributed by atoms with van der Waals surface area (Å²) >= 11 is 0. The van der Waals surface area contributed by atoms with Crippen LogP contribution in [0.4, 0.5) is 4.79 Å². The highest BCUT2D eigenvalue weighted by Crippen LogP contribution is 2.24.